The number of unbranched alkanes of at least 4 members (excludes halogenated alkanes) is 7. The maximum atomic E-state index is 14.0. The molecule has 222 valence electrons. The first kappa shape index (κ1) is 34.6. The van der Waals surface area contributed by atoms with Crippen LogP contribution in [0.5, 0.6) is 5.75 Å². The highest BCUT2D eigenvalue weighted by atomic mass is 32.1. The summed E-state index contributed by atoms with van der Waals surface area (Å²) in [5.74, 6) is -0.520. The summed E-state index contributed by atoms with van der Waals surface area (Å²) in [5.41, 5.74) is 0.491. The number of nitrogens with zero attached hydrogens (tertiary/aromatic N) is 1. The van der Waals surface area contributed by atoms with E-state index in [1.807, 2.05) is 0 Å². The molecule has 0 heterocycles. The molecule has 1 aromatic carbocycles. The summed E-state index contributed by atoms with van der Waals surface area (Å²) in [5, 5.41) is 15.8. The van der Waals surface area contributed by atoms with Crippen molar-refractivity contribution < 1.29 is 24.2 Å². The van der Waals surface area contributed by atoms with Gasteiger partial charge in [0.2, 0.25) is 11.8 Å². The van der Waals surface area contributed by atoms with Crippen molar-refractivity contribution >= 4 is 30.5 Å². The number of aryl methyl sites for hydroxylation is 1. The number of amides is 3. The zero-order valence-corrected chi connectivity index (χ0v) is 25.7. The quantitative estimate of drug-likeness (QED) is 0.136. The largest absolute Gasteiger partial charge is 0.508 e. The predicted molar refractivity (Wildman–Crippen MR) is 160 cm³/mol. The minimum absolute atomic E-state index is 0.0462. The number of thiol groups is 1. The highest BCUT2D eigenvalue weighted by molar-refractivity contribution is 7.80. The van der Waals surface area contributed by atoms with Gasteiger partial charge in [-0.2, -0.15) is 12.6 Å². The number of rotatable bonds is 17. The van der Waals surface area contributed by atoms with Gasteiger partial charge in [0.15, 0.2) is 0 Å². The Morgan fingerprint density at radius 2 is 1.62 bits per heavy atom. The Bertz CT molecular complexity index is 903. The molecule has 0 radical (unpaired) electrons. The van der Waals surface area contributed by atoms with E-state index in [4.69, 9.17) is 4.74 Å². The summed E-state index contributed by atoms with van der Waals surface area (Å²) in [4.78, 5) is 41.7. The molecule has 0 aliphatic heterocycles. The first-order chi connectivity index (χ1) is 18.4. The number of hydrogen-bond acceptors (Lipinski definition) is 6. The molecule has 0 aromatic heterocycles. The number of carbonyl (C=O) groups is 3. The van der Waals surface area contributed by atoms with E-state index in [2.05, 4.69) is 37.1 Å². The SMILES string of the molecule is CCCCCCCCN(C(=O)C(CS)NC(=O)OC(C)(C)C)C(C(=O)NCCCCC)c1ccc(O)c(C)c1. The molecular formula is C30H51N3O5S. The Labute approximate surface area is 241 Å². The third kappa shape index (κ3) is 13.0. The number of aromatic hydroxyl groups is 1. The van der Waals surface area contributed by atoms with Crippen LogP contribution in [0.1, 0.15) is 110 Å². The minimum atomic E-state index is -0.975. The Morgan fingerprint density at radius 3 is 2.21 bits per heavy atom. The van der Waals surface area contributed by atoms with Gasteiger partial charge >= 0.3 is 6.09 Å². The lowest BCUT2D eigenvalue weighted by Gasteiger charge is -2.34. The second-order valence-corrected chi connectivity index (χ2v) is 11.5. The van der Waals surface area contributed by atoms with Gasteiger partial charge in [-0.25, -0.2) is 4.79 Å². The average Bonchev–Trinajstić information content (AvgIpc) is 2.86. The predicted octanol–water partition coefficient (Wildman–Crippen LogP) is 6.06. The summed E-state index contributed by atoms with van der Waals surface area (Å²) < 4.78 is 5.37. The van der Waals surface area contributed by atoms with Crippen molar-refractivity contribution in [1.29, 1.82) is 0 Å². The van der Waals surface area contributed by atoms with Crippen molar-refractivity contribution in [2.75, 3.05) is 18.8 Å². The number of alkyl carbamates (subject to hydrolysis) is 1. The number of ether oxygens (including phenoxy) is 1. The van der Waals surface area contributed by atoms with Crippen LogP contribution in [0.3, 0.4) is 0 Å². The highest BCUT2D eigenvalue weighted by Crippen LogP contribution is 2.28. The van der Waals surface area contributed by atoms with Gasteiger partial charge in [0, 0.05) is 18.8 Å². The van der Waals surface area contributed by atoms with E-state index >= 15 is 0 Å². The Kier molecular flexibility index (Phi) is 16.0. The van der Waals surface area contributed by atoms with Crippen LogP contribution < -0.4 is 10.6 Å². The van der Waals surface area contributed by atoms with Crippen LogP contribution in [0.25, 0.3) is 0 Å². The van der Waals surface area contributed by atoms with Crippen LogP contribution in [-0.2, 0) is 14.3 Å². The highest BCUT2D eigenvalue weighted by Gasteiger charge is 2.35. The average molecular weight is 566 g/mol. The van der Waals surface area contributed by atoms with E-state index in [0.717, 1.165) is 51.4 Å². The van der Waals surface area contributed by atoms with E-state index in [-0.39, 0.29) is 17.4 Å². The summed E-state index contributed by atoms with van der Waals surface area (Å²) in [6.45, 7) is 12.1. The lowest BCUT2D eigenvalue weighted by atomic mass is 9.99. The van der Waals surface area contributed by atoms with Gasteiger partial charge in [-0.1, -0.05) is 64.9 Å². The topological polar surface area (TPSA) is 108 Å². The molecule has 0 bridgehead atoms. The van der Waals surface area contributed by atoms with Gasteiger partial charge in [0.1, 0.15) is 23.4 Å². The minimum Gasteiger partial charge on any atom is -0.508 e. The molecule has 8 nitrogen and oxygen atoms in total. The summed E-state index contributed by atoms with van der Waals surface area (Å²) in [6.07, 6.45) is 8.28. The van der Waals surface area contributed by atoms with Crippen molar-refractivity contribution in [1.82, 2.24) is 15.5 Å². The zero-order chi connectivity index (χ0) is 29.4. The Morgan fingerprint density at radius 1 is 1.00 bits per heavy atom. The molecule has 1 rings (SSSR count). The molecule has 2 atom stereocenters. The molecular weight excluding hydrogens is 514 g/mol. The van der Waals surface area contributed by atoms with Crippen molar-refractivity contribution in [2.24, 2.45) is 0 Å². The molecule has 1 aromatic rings. The van der Waals surface area contributed by atoms with E-state index < -0.39 is 29.7 Å². The molecule has 3 N–H and O–H groups in total. The summed E-state index contributed by atoms with van der Waals surface area (Å²) in [6, 6.07) is 3.07. The monoisotopic (exact) mass is 565 g/mol. The first-order valence-corrected chi connectivity index (χ1v) is 15.1. The molecule has 0 aliphatic rings. The zero-order valence-electron chi connectivity index (χ0n) is 24.8. The van der Waals surface area contributed by atoms with Crippen LogP contribution in [0, 0.1) is 6.92 Å². The summed E-state index contributed by atoms with van der Waals surface area (Å²) in [7, 11) is 0. The number of hydrogen-bond donors (Lipinski definition) is 4. The second kappa shape index (κ2) is 18.0. The van der Waals surface area contributed by atoms with E-state index in [1.165, 1.54) is 6.42 Å². The van der Waals surface area contributed by atoms with Gasteiger partial charge < -0.3 is 25.4 Å². The number of benzene rings is 1. The van der Waals surface area contributed by atoms with Crippen LogP contribution >= 0.6 is 12.6 Å². The lowest BCUT2D eigenvalue weighted by Crippen LogP contribution is -2.54. The van der Waals surface area contributed by atoms with Crippen molar-refractivity contribution in [3.63, 3.8) is 0 Å². The molecule has 2 unspecified atom stereocenters. The molecule has 0 aliphatic carbocycles. The summed E-state index contributed by atoms with van der Waals surface area (Å²) >= 11 is 4.35. The van der Waals surface area contributed by atoms with Gasteiger partial charge in [0.05, 0.1) is 0 Å². The van der Waals surface area contributed by atoms with E-state index in [0.29, 0.717) is 24.2 Å². The maximum Gasteiger partial charge on any atom is 0.408 e. The Hall–Kier alpha value is -2.42. The molecule has 0 spiro atoms. The van der Waals surface area contributed by atoms with Crippen LogP contribution in [0.15, 0.2) is 18.2 Å². The third-order valence-corrected chi connectivity index (χ3v) is 6.75. The third-order valence-electron chi connectivity index (χ3n) is 6.38. The lowest BCUT2D eigenvalue weighted by molar-refractivity contribution is -0.142. The van der Waals surface area contributed by atoms with Crippen LogP contribution in [0.2, 0.25) is 0 Å². The normalized spacial score (nSPS) is 12.9. The fourth-order valence-electron chi connectivity index (χ4n) is 4.27. The number of phenols is 1. The van der Waals surface area contributed by atoms with Gasteiger partial charge in [0.25, 0.3) is 0 Å². The van der Waals surface area contributed by atoms with Crippen LogP contribution in [0.4, 0.5) is 4.79 Å². The molecule has 9 heteroatoms. The van der Waals surface area contributed by atoms with Crippen LogP contribution in [-0.4, -0.2) is 58.4 Å². The van der Waals surface area contributed by atoms with Crippen molar-refractivity contribution in [3.05, 3.63) is 29.3 Å². The fraction of sp³-hybridized carbons (Fsp3) is 0.700. The molecule has 0 saturated heterocycles. The van der Waals surface area contributed by atoms with Crippen molar-refractivity contribution in [2.45, 2.75) is 117 Å². The number of carbonyl (C=O) groups excluding carboxylic acids is 3. The van der Waals surface area contributed by atoms with E-state index in [1.54, 1.807) is 50.8 Å². The molecule has 0 fully saturated rings. The Balaban J connectivity index is 3.34. The molecule has 39 heavy (non-hydrogen) atoms. The standard InChI is InChI=1S/C30H51N3O5S/c1-7-9-11-12-13-15-19-33(28(36)24(21-39)32-29(37)38-30(4,5)6)26(27(35)31-18-14-10-8-2)23-16-17-25(34)22(3)20-23/h16-17,20,24,26,34,39H,7-15,18-19,21H2,1-6H3,(H,31,35)(H,32,37). The van der Waals surface area contributed by atoms with Gasteiger partial charge in [-0.3, -0.25) is 9.59 Å². The van der Waals surface area contributed by atoms with E-state index in [9.17, 15) is 19.5 Å². The smallest absolute Gasteiger partial charge is 0.408 e. The number of phenolic OH excluding ortho intramolecular Hbond substituents is 1. The van der Waals surface area contributed by atoms with Gasteiger partial charge in [-0.15, -0.1) is 0 Å². The van der Waals surface area contributed by atoms with Gasteiger partial charge in [-0.05, 0) is 63.8 Å². The molecule has 0 saturated carbocycles. The first-order valence-electron chi connectivity index (χ1n) is 14.4. The fourth-order valence-corrected chi connectivity index (χ4v) is 4.52. The second-order valence-electron chi connectivity index (χ2n) is 11.1. The number of nitrogens with one attached hydrogen (secondary N) is 2. The molecule has 3 amide bonds. The maximum absolute atomic E-state index is 14.0. The van der Waals surface area contributed by atoms with Crippen molar-refractivity contribution in [3.8, 4) is 5.75 Å².